The topological polar surface area (TPSA) is 159 Å². The Labute approximate surface area is 282 Å². The van der Waals surface area contributed by atoms with Crippen LogP contribution in [0, 0.1) is 5.41 Å². The second-order valence-electron chi connectivity index (χ2n) is 13.3. The van der Waals surface area contributed by atoms with E-state index in [-0.39, 0.29) is 29.1 Å². The van der Waals surface area contributed by atoms with Crippen LogP contribution in [0.5, 0.6) is 5.75 Å². The average molecular weight is 708 g/mol. The number of nitrogens with one attached hydrogen (secondary N) is 1. The highest BCUT2D eigenvalue weighted by Gasteiger charge is 2.65. The number of carbonyl (C=O) groups excluding carboxylic acids is 1. The summed E-state index contributed by atoms with van der Waals surface area (Å²) in [4.78, 5) is 27.2. The minimum Gasteiger partial charge on any atom is -0.464 e. The Morgan fingerprint density at radius 2 is 1.92 bits per heavy atom. The molecule has 2 aromatic heterocycles. The molecule has 13 nitrogen and oxygen atoms in total. The van der Waals surface area contributed by atoms with Gasteiger partial charge in [-0.2, -0.15) is 9.97 Å². The SMILES string of the molecule is C[C@H](NP(=S)(OC[C@@]1(F)O[C@@H](n2cnc3c(N(C)C)nc(N)nc32)[C@](C)(F)[C@@H]1O)Oc1cccc2ccccc12)C(=O)OCC(C)(C)C. The zero-order valence-corrected chi connectivity index (χ0v) is 29.4. The van der Waals surface area contributed by atoms with Gasteiger partial charge in [-0.1, -0.05) is 57.2 Å². The first-order chi connectivity index (χ1) is 22.3. The summed E-state index contributed by atoms with van der Waals surface area (Å²) in [6.45, 7) is 3.41. The number of alkyl halides is 2. The molecule has 4 N–H and O–H groups in total. The van der Waals surface area contributed by atoms with Gasteiger partial charge in [-0.05, 0) is 42.5 Å². The van der Waals surface area contributed by atoms with Crippen molar-refractivity contribution < 1.29 is 37.2 Å². The normalized spacial score (nSPS) is 24.8. The van der Waals surface area contributed by atoms with Crippen molar-refractivity contribution >= 4 is 58.1 Å². The minimum absolute atomic E-state index is 0.0612. The summed E-state index contributed by atoms with van der Waals surface area (Å²) < 4.78 is 57.3. The number of aromatic nitrogens is 4. The van der Waals surface area contributed by atoms with Crippen molar-refractivity contribution in [1.29, 1.82) is 0 Å². The number of carbonyl (C=O) groups is 1. The summed E-state index contributed by atoms with van der Waals surface area (Å²) in [6, 6.07) is 11.5. The van der Waals surface area contributed by atoms with Crippen molar-refractivity contribution in [2.75, 3.05) is 37.9 Å². The Morgan fingerprint density at radius 1 is 1.23 bits per heavy atom. The third-order valence-corrected chi connectivity index (χ3v) is 10.0. The van der Waals surface area contributed by atoms with E-state index in [9.17, 15) is 9.90 Å². The van der Waals surface area contributed by atoms with Crippen molar-refractivity contribution in [2.45, 2.75) is 64.5 Å². The van der Waals surface area contributed by atoms with E-state index < -0.39 is 49.1 Å². The summed E-state index contributed by atoms with van der Waals surface area (Å²) in [5.74, 6) is -3.27. The lowest BCUT2D eigenvalue weighted by Crippen LogP contribution is -2.47. The molecule has 6 atom stereocenters. The number of imidazole rings is 1. The third kappa shape index (κ3) is 7.24. The number of hydrogen-bond acceptors (Lipinski definition) is 12. The van der Waals surface area contributed by atoms with E-state index in [0.717, 1.165) is 16.9 Å². The molecule has 5 rings (SSSR count). The van der Waals surface area contributed by atoms with Crippen molar-refractivity contribution in [2.24, 2.45) is 5.41 Å². The van der Waals surface area contributed by atoms with Gasteiger partial charge in [0.25, 0.3) is 5.85 Å². The number of nitrogens with two attached hydrogens (primary N) is 1. The lowest BCUT2D eigenvalue weighted by molar-refractivity contribution is -0.202. The number of benzene rings is 2. The van der Waals surface area contributed by atoms with Gasteiger partial charge in [0.1, 0.15) is 18.4 Å². The van der Waals surface area contributed by atoms with E-state index in [1.165, 1.54) is 13.3 Å². The summed E-state index contributed by atoms with van der Waals surface area (Å²) in [5.41, 5.74) is 3.20. The maximum atomic E-state index is 16.7. The first-order valence-electron chi connectivity index (χ1n) is 15.1. The number of fused-ring (bicyclic) bond motifs is 2. The van der Waals surface area contributed by atoms with E-state index in [4.69, 9.17) is 36.1 Å². The van der Waals surface area contributed by atoms with Crippen LogP contribution in [0.4, 0.5) is 20.5 Å². The Balaban J connectivity index is 1.45. The van der Waals surface area contributed by atoms with E-state index >= 15 is 8.78 Å². The fourth-order valence-electron chi connectivity index (χ4n) is 5.14. The van der Waals surface area contributed by atoms with Gasteiger partial charge in [-0.15, -0.1) is 0 Å². The standard InChI is InChI=1S/C31H40F2N7O6PS/c1-18(25(41)43-15-29(2,3)4)38-47(48,46-21-14-10-12-19-11-8-9-13-20(19)21)44-16-31(33)26(42)30(5,32)27(45-31)40-17-35-22-23(39(6)7)36-28(34)37-24(22)40/h8-14,17-18,26-27,42H,15-16H2,1-7H3,(H,38,48)(H2,34,36,37)/t18-,26-,27+,30+,31+,47?/m0/s1. The van der Waals surface area contributed by atoms with Crippen LogP contribution in [0.15, 0.2) is 48.8 Å². The molecule has 0 amide bonds. The number of esters is 1. The van der Waals surface area contributed by atoms with Gasteiger partial charge in [-0.3, -0.25) is 9.36 Å². The molecule has 0 bridgehead atoms. The number of rotatable bonds is 11. The highest BCUT2D eigenvalue weighted by atomic mass is 32.5. The number of aliphatic hydroxyl groups excluding tert-OH is 1. The average Bonchev–Trinajstić information content (AvgIpc) is 3.50. The Morgan fingerprint density at radius 3 is 2.60 bits per heavy atom. The summed E-state index contributed by atoms with van der Waals surface area (Å²) in [7, 11) is 3.42. The number of nitrogens with zero attached hydrogens (tertiary/aromatic N) is 5. The molecule has 2 aromatic carbocycles. The Hall–Kier alpha value is -3.53. The van der Waals surface area contributed by atoms with E-state index in [1.807, 2.05) is 39.0 Å². The zero-order chi connectivity index (χ0) is 35.2. The van der Waals surface area contributed by atoms with Crippen LogP contribution in [0.2, 0.25) is 0 Å². The van der Waals surface area contributed by atoms with Gasteiger partial charge in [-0.25, -0.2) is 18.9 Å². The Bertz CT molecular complexity index is 1870. The van der Waals surface area contributed by atoms with E-state index in [2.05, 4.69) is 20.0 Å². The van der Waals surface area contributed by atoms with Crippen LogP contribution < -0.4 is 20.2 Å². The molecular formula is C31H40F2N7O6PS. The maximum Gasteiger partial charge on any atom is 0.323 e. The largest absolute Gasteiger partial charge is 0.464 e. The van der Waals surface area contributed by atoms with Crippen molar-refractivity contribution in [3.8, 4) is 5.75 Å². The highest BCUT2D eigenvalue weighted by Crippen LogP contribution is 2.53. The van der Waals surface area contributed by atoms with Gasteiger partial charge >= 0.3 is 12.6 Å². The zero-order valence-electron chi connectivity index (χ0n) is 27.7. The Kier molecular flexibility index (Phi) is 9.74. The van der Waals surface area contributed by atoms with Crippen molar-refractivity contribution in [3.05, 3.63) is 48.8 Å². The second kappa shape index (κ2) is 13.1. The number of ether oxygens (including phenoxy) is 2. The van der Waals surface area contributed by atoms with Gasteiger partial charge in [0.15, 0.2) is 35.0 Å². The lowest BCUT2D eigenvalue weighted by Gasteiger charge is -2.30. The molecule has 3 heterocycles. The minimum atomic E-state index is -3.86. The second-order valence-corrected chi connectivity index (χ2v) is 16.4. The smallest absolute Gasteiger partial charge is 0.323 e. The molecule has 0 saturated carbocycles. The van der Waals surface area contributed by atoms with Gasteiger partial charge in [0.05, 0.1) is 12.9 Å². The molecule has 4 aromatic rings. The molecule has 0 aliphatic carbocycles. The molecule has 48 heavy (non-hydrogen) atoms. The maximum absolute atomic E-state index is 16.7. The van der Waals surface area contributed by atoms with Crippen LogP contribution in [0.25, 0.3) is 21.9 Å². The van der Waals surface area contributed by atoms with Crippen LogP contribution in [0.3, 0.4) is 0 Å². The third-order valence-electron chi connectivity index (χ3n) is 7.58. The molecule has 1 fully saturated rings. The molecule has 17 heteroatoms. The molecule has 260 valence electrons. The molecule has 0 radical (unpaired) electrons. The van der Waals surface area contributed by atoms with E-state index in [1.54, 1.807) is 43.3 Å². The predicted molar refractivity (Wildman–Crippen MR) is 181 cm³/mol. The van der Waals surface area contributed by atoms with Crippen LogP contribution in [-0.4, -0.2) is 81.6 Å². The predicted octanol–water partition coefficient (Wildman–Crippen LogP) is 4.80. The number of anilines is 2. The van der Waals surface area contributed by atoms with Crippen molar-refractivity contribution in [1.82, 2.24) is 24.6 Å². The fraction of sp³-hybridized carbons (Fsp3) is 0.484. The molecule has 1 saturated heterocycles. The summed E-state index contributed by atoms with van der Waals surface area (Å²) >= 11 is 5.80. The molecule has 1 aliphatic heterocycles. The van der Waals surface area contributed by atoms with Crippen LogP contribution >= 0.6 is 6.64 Å². The van der Waals surface area contributed by atoms with Crippen molar-refractivity contribution in [3.63, 3.8) is 0 Å². The first kappa shape index (κ1) is 35.8. The lowest BCUT2D eigenvalue weighted by atomic mass is 9.97. The van der Waals surface area contributed by atoms with Gasteiger partial charge in [0, 0.05) is 19.5 Å². The molecular weight excluding hydrogens is 667 g/mol. The van der Waals surface area contributed by atoms with E-state index in [0.29, 0.717) is 17.0 Å². The number of halogens is 2. The number of nitrogen functional groups attached to an aromatic ring is 1. The van der Waals surface area contributed by atoms with Crippen LogP contribution in [-0.2, 0) is 30.6 Å². The highest BCUT2D eigenvalue weighted by molar-refractivity contribution is 8.09. The van der Waals surface area contributed by atoms with Gasteiger partial charge in [0.2, 0.25) is 5.95 Å². The first-order valence-corrected chi connectivity index (χ1v) is 17.7. The molecule has 1 unspecified atom stereocenters. The molecule has 1 aliphatic rings. The van der Waals surface area contributed by atoms with Crippen LogP contribution in [0.1, 0.15) is 40.8 Å². The fourth-order valence-corrected chi connectivity index (χ4v) is 7.53. The van der Waals surface area contributed by atoms with Gasteiger partial charge < -0.3 is 34.3 Å². The quantitative estimate of drug-likeness (QED) is 0.144. The summed E-state index contributed by atoms with van der Waals surface area (Å²) in [5, 5.41) is 15.4. The number of hydrogen-bond donors (Lipinski definition) is 3. The monoisotopic (exact) mass is 707 g/mol. The molecule has 0 spiro atoms. The summed E-state index contributed by atoms with van der Waals surface area (Å²) in [6.07, 6.45) is -2.92. The number of aliphatic hydroxyl groups is 1.